The number of ether oxygens (including phenoxy) is 1. The first-order chi connectivity index (χ1) is 13.7. The van der Waals surface area contributed by atoms with Crippen molar-refractivity contribution in [3.63, 3.8) is 0 Å². The molecule has 0 aromatic heterocycles. The Balaban J connectivity index is 0.00000300. The van der Waals surface area contributed by atoms with Gasteiger partial charge < -0.3 is 20.7 Å². The minimum atomic E-state index is 0. The van der Waals surface area contributed by atoms with Crippen LogP contribution in [0.25, 0.3) is 0 Å². The smallest absolute Gasteiger partial charge is 0.227 e. The van der Waals surface area contributed by atoms with Crippen molar-refractivity contribution in [3.05, 3.63) is 29.8 Å². The summed E-state index contributed by atoms with van der Waals surface area (Å²) >= 11 is 0. The van der Waals surface area contributed by atoms with Gasteiger partial charge in [-0.05, 0) is 55.7 Å². The zero-order chi connectivity index (χ0) is 19.6. The second-order valence-corrected chi connectivity index (χ2v) is 7.90. The van der Waals surface area contributed by atoms with E-state index >= 15 is 0 Å². The highest BCUT2D eigenvalue weighted by Gasteiger charge is 2.22. The van der Waals surface area contributed by atoms with Crippen LogP contribution in [0, 0.1) is 11.8 Å². The molecular formula is C22H35IN4O2. The summed E-state index contributed by atoms with van der Waals surface area (Å²) in [4.78, 5) is 16.6. The molecule has 29 heavy (non-hydrogen) atoms. The molecule has 1 aromatic carbocycles. The van der Waals surface area contributed by atoms with Crippen LogP contribution in [0.4, 0.5) is 5.69 Å². The van der Waals surface area contributed by atoms with Crippen molar-refractivity contribution in [2.45, 2.75) is 51.5 Å². The van der Waals surface area contributed by atoms with Gasteiger partial charge in [0.05, 0.1) is 0 Å². The molecule has 3 N–H and O–H groups in total. The van der Waals surface area contributed by atoms with Gasteiger partial charge in [-0.25, -0.2) is 0 Å². The Morgan fingerprint density at radius 1 is 1.17 bits per heavy atom. The molecule has 0 spiro atoms. The average molecular weight is 514 g/mol. The molecule has 0 heterocycles. The van der Waals surface area contributed by atoms with Crippen LogP contribution in [0.1, 0.15) is 50.5 Å². The van der Waals surface area contributed by atoms with Crippen LogP contribution in [0.5, 0.6) is 0 Å². The maximum absolute atomic E-state index is 12.3. The van der Waals surface area contributed by atoms with Crippen molar-refractivity contribution in [2.75, 3.05) is 32.1 Å². The number of carbonyl (C=O) groups is 1. The Bertz CT molecular complexity index is 658. The molecule has 162 valence electrons. The third-order valence-corrected chi connectivity index (χ3v) is 5.41. The normalized spacial score (nSPS) is 16.9. The fourth-order valence-electron chi connectivity index (χ4n) is 3.51. The average Bonchev–Trinajstić information content (AvgIpc) is 3.36. The van der Waals surface area contributed by atoms with Gasteiger partial charge in [0, 0.05) is 45.0 Å². The number of guanidine groups is 1. The Morgan fingerprint density at radius 2 is 1.97 bits per heavy atom. The van der Waals surface area contributed by atoms with Gasteiger partial charge in [0.25, 0.3) is 0 Å². The standard InChI is InChI=1S/C22H34N4O2.HI/c1-23-22(24-12-5-13-28-16-17-10-11-17)25-15-18-6-4-9-20(14-18)26-21(27)19-7-2-3-8-19;/h4,6,9,14,17,19H,2-3,5,7-8,10-13,15-16H2,1H3,(H,26,27)(H2,23,24,25);1H. The number of amides is 1. The van der Waals surface area contributed by atoms with Crippen molar-refractivity contribution >= 4 is 41.5 Å². The fourth-order valence-corrected chi connectivity index (χ4v) is 3.51. The minimum absolute atomic E-state index is 0. The van der Waals surface area contributed by atoms with Crippen LogP contribution in [-0.4, -0.2) is 38.7 Å². The molecule has 0 saturated heterocycles. The van der Waals surface area contributed by atoms with Gasteiger partial charge >= 0.3 is 0 Å². The molecule has 6 nitrogen and oxygen atoms in total. The number of carbonyl (C=O) groups excluding carboxylic acids is 1. The first kappa shape index (κ1) is 23.9. The van der Waals surface area contributed by atoms with Crippen molar-refractivity contribution in [1.29, 1.82) is 0 Å². The minimum Gasteiger partial charge on any atom is -0.381 e. The summed E-state index contributed by atoms with van der Waals surface area (Å²) in [6.45, 7) is 3.21. The van der Waals surface area contributed by atoms with E-state index < -0.39 is 0 Å². The highest BCUT2D eigenvalue weighted by atomic mass is 127. The number of hydrogen-bond acceptors (Lipinski definition) is 3. The summed E-state index contributed by atoms with van der Waals surface area (Å²) in [5.41, 5.74) is 1.98. The molecule has 0 radical (unpaired) electrons. The van der Waals surface area contributed by atoms with E-state index in [1.165, 1.54) is 25.7 Å². The van der Waals surface area contributed by atoms with Gasteiger partial charge in [-0.2, -0.15) is 0 Å². The summed E-state index contributed by atoms with van der Waals surface area (Å²) in [7, 11) is 1.77. The molecule has 2 aliphatic rings. The lowest BCUT2D eigenvalue weighted by molar-refractivity contribution is -0.119. The summed E-state index contributed by atoms with van der Waals surface area (Å²) in [6, 6.07) is 8.01. The summed E-state index contributed by atoms with van der Waals surface area (Å²) in [6.07, 6.45) is 8.00. The van der Waals surface area contributed by atoms with Crippen LogP contribution in [0.2, 0.25) is 0 Å². The highest BCUT2D eigenvalue weighted by molar-refractivity contribution is 14.0. The number of nitrogens with zero attached hydrogens (tertiary/aromatic N) is 1. The summed E-state index contributed by atoms with van der Waals surface area (Å²) < 4.78 is 5.65. The molecular weight excluding hydrogens is 479 g/mol. The molecule has 3 rings (SSSR count). The highest BCUT2D eigenvalue weighted by Crippen LogP contribution is 2.28. The zero-order valence-corrected chi connectivity index (χ0v) is 19.7. The third kappa shape index (κ3) is 8.90. The van der Waals surface area contributed by atoms with Gasteiger partial charge in [0.1, 0.15) is 0 Å². The second-order valence-electron chi connectivity index (χ2n) is 7.90. The summed E-state index contributed by atoms with van der Waals surface area (Å²) in [5, 5.41) is 9.71. The van der Waals surface area contributed by atoms with Gasteiger partial charge in [0.2, 0.25) is 5.91 Å². The molecule has 0 bridgehead atoms. The maximum Gasteiger partial charge on any atom is 0.227 e. The fraction of sp³-hybridized carbons (Fsp3) is 0.636. The largest absolute Gasteiger partial charge is 0.381 e. The maximum atomic E-state index is 12.3. The molecule has 7 heteroatoms. The quantitative estimate of drug-likeness (QED) is 0.192. The Hall–Kier alpha value is -1.35. The molecule has 1 amide bonds. The Kier molecular flexibility index (Phi) is 10.8. The Morgan fingerprint density at radius 3 is 2.69 bits per heavy atom. The lowest BCUT2D eigenvalue weighted by atomic mass is 10.1. The van der Waals surface area contributed by atoms with Crippen LogP contribution >= 0.6 is 24.0 Å². The van der Waals surface area contributed by atoms with Gasteiger partial charge in [-0.1, -0.05) is 25.0 Å². The molecule has 0 unspecified atom stereocenters. The molecule has 0 atom stereocenters. The van der Waals surface area contributed by atoms with E-state index in [-0.39, 0.29) is 35.8 Å². The predicted octanol–water partition coefficient (Wildman–Crippen LogP) is 3.92. The monoisotopic (exact) mass is 514 g/mol. The van der Waals surface area contributed by atoms with Crippen molar-refractivity contribution < 1.29 is 9.53 Å². The van der Waals surface area contributed by atoms with Gasteiger partial charge in [-0.15, -0.1) is 24.0 Å². The third-order valence-electron chi connectivity index (χ3n) is 5.41. The van der Waals surface area contributed by atoms with Crippen LogP contribution in [0.3, 0.4) is 0 Å². The van der Waals surface area contributed by atoms with Crippen LogP contribution < -0.4 is 16.0 Å². The van der Waals surface area contributed by atoms with Crippen LogP contribution in [-0.2, 0) is 16.1 Å². The number of aliphatic imine (C=N–C) groups is 1. The molecule has 2 aliphatic carbocycles. The first-order valence-electron chi connectivity index (χ1n) is 10.7. The second kappa shape index (κ2) is 13.1. The number of nitrogens with one attached hydrogen (secondary N) is 3. The van der Waals surface area contributed by atoms with E-state index in [2.05, 4.69) is 27.0 Å². The van der Waals surface area contributed by atoms with Crippen molar-refractivity contribution in [3.8, 4) is 0 Å². The molecule has 0 aliphatic heterocycles. The molecule has 2 fully saturated rings. The topological polar surface area (TPSA) is 74.8 Å². The van der Waals surface area contributed by atoms with E-state index in [1.807, 2.05) is 18.2 Å². The van der Waals surface area contributed by atoms with Crippen molar-refractivity contribution in [1.82, 2.24) is 10.6 Å². The number of rotatable bonds is 10. The first-order valence-corrected chi connectivity index (χ1v) is 10.7. The van der Waals surface area contributed by atoms with Gasteiger partial charge in [-0.3, -0.25) is 9.79 Å². The Labute approximate surface area is 191 Å². The van der Waals surface area contributed by atoms with E-state index in [9.17, 15) is 4.79 Å². The lowest BCUT2D eigenvalue weighted by Gasteiger charge is -2.14. The van der Waals surface area contributed by atoms with E-state index in [4.69, 9.17) is 4.74 Å². The molecule has 2 saturated carbocycles. The number of anilines is 1. The van der Waals surface area contributed by atoms with Crippen LogP contribution in [0.15, 0.2) is 29.3 Å². The van der Waals surface area contributed by atoms with E-state index in [0.29, 0.717) is 6.54 Å². The van der Waals surface area contributed by atoms with Gasteiger partial charge in [0.15, 0.2) is 5.96 Å². The number of halogens is 1. The predicted molar refractivity (Wildman–Crippen MR) is 129 cm³/mol. The lowest BCUT2D eigenvalue weighted by Crippen LogP contribution is -2.37. The molecule has 1 aromatic rings. The summed E-state index contributed by atoms with van der Waals surface area (Å²) in [5.74, 6) is 1.94. The van der Waals surface area contributed by atoms with E-state index in [1.54, 1.807) is 7.05 Å². The number of hydrogen-bond donors (Lipinski definition) is 3. The van der Waals surface area contributed by atoms with E-state index in [0.717, 1.165) is 62.1 Å². The SMILES string of the molecule is CN=C(NCCCOCC1CC1)NCc1cccc(NC(=O)C2CCCC2)c1.I. The van der Waals surface area contributed by atoms with Crippen molar-refractivity contribution in [2.24, 2.45) is 16.8 Å². The zero-order valence-electron chi connectivity index (χ0n) is 17.4. The number of benzene rings is 1.